The molecule has 1 N–H and O–H groups in total. The van der Waals surface area contributed by atoms with Crippen LogP contribution < -0.4 is 10.1 Å². The van der Waals surface area contributed by atoms with Gasteiger partial charge >= 0.3 is 0 Å². The van der Waals surface area contributed by atoms with Crippen molar-refractivity contribution in [2.24, 2.45) is 5.41 Å². The van der Waals surface area contributed by atoms with Crippen LogP contribution in [-0.4, -0.2) is 65.0 Å². The number of benzene rings is 1. The van der Waals surface area contributed by atoms with Crippen LogP contribution in [0.4, 0.5) is 4.39 Å². The molecule has 2 saturated carbocycles. The Hall–Kier alpha value is -2.48. The Labute approximate surface area is 192 Å². The molecule has 3 heterocycles. The van der Waals surface area contributed by atoms with Crippen LogP contribution in [0.5, 0.6) is 5.75 Å². The van der Waals surface area contributed by atoms with Crippen LogP contribution in [-0.2, 0) is 16.1 Å². The molecule has 176 valence electrons. The van der Waals surface area contributed by atoms with Crippen LogP contribution in [0.3, 0.4) is 0 Å². The van der Waals surface area contributed by atoms with Crippen molar-refractivity contribution in [2.45, 2.75) is 82.3 Å². The van der Waals surface area contributed by atoms with E-state index < -0.39 is 18.1 Å². The lowest BCUT2D eigenvalue weighted by atomic mass is 9.61. The van der Waals surface area contributed by atoms with Crippen molar-refractivity contribution >= 4 is 17.7 Å². The Kier molecular flexibility index (Phi) is 4.98. The van der Waals surface area contributed by atoms with Crippen LogP contribution in [0.1, 0.15) is 67.3 Å². The van der Waals surface area contributed by atoms with Gasteiger partial charge in [-0.2, -0.15) is 0 Å². The summed E-state index contributed by atoms with van der Waals surface area (Å²) < 4.78 is 19.9. The maximum absolute atomic E-state index is 13.4. The summed E-state index contributed by atoms with van der Waals surface area (Å²) in [6.07, 6.45) is 5.95. The summed E-state index contributed by atoms with van der Waals surface area (Å²) in [5.41, 5.74) is 1.68. The van der Waals surface area contributed by atoms with E-state index in [0.717, 1.165) is 43.7 Å². The lowest BCUT2D eigenvalue weighted by Gasteiger charge is -2.60. The number of halogens is 1. The van der Waals surface area contributed by atoms with Gasteiger partial charge in [0.2, 0.25) is 11.8 Å². The average molecular weight is 456 g/mol. The van der Waals surface area contributed by atoms with Gasteiger partial charge in [0.25, 0.3) is 5.91 Å². The summed E-state index contributed by atoms with van der Waals surface area (Å²) in [6.45, 7) is 2.32. The molecule has 0 radical (unpaired) electrons. The summed E-state index contributed by atoms with van der Waals surface area (Å²) in [5.74, 6) is -0.0923. The number of hydrogen-bond acceptors (Lipinski definition) is 5. The third-order valence-electron chi connectivity index (χ3n) is 8.31. The Morgan fingerprint density at radius 3 is 2.61 bits per heavy atom. The van der Waals surface area contributed by atoms with Crippen molar-refractivity contribution in [1.82, 2.24) is 15.1 Å². The molecule has 1 unspecified atom stereocenters. The quantitative estimate of drug-likeness (QED) is 0.706. The highest BCUT2D eigenvalue weighted by molar-refractivity contribution is 6.05. The molecule has 0 bridgehead atoms. The van der Waals surface area contributed by atoms with Gasteiger partial charge in [-0.1, -0.05) is 6.42 Å². The molecule has 2 saturated heterocycles. The first-order valence-electron chi connectivity index (χ1n) is 12.2. The van der Waals surface area contributed by atoms with Gasteiger partial charge in [0.1, 0.15) is 24.1 Å². The van der Waals surface area contributed by atoms with Crippen LogP contribution in [0, 0.1) is 5.41 Å². The highest BCUT2D eigenvalue weighted by Gasteiger charge is 2.55. The van der Waals surface area contributed by atoms with Gasteiger partial charge in [-0.3, -0.25) is 24.6 Å². The van der Waals surface area contributed by atoms with E-state index in [0.29, 0.717) is 37.4 Å². The minimum absolute atomic E-state index is 0.0961. The van der Waals surface area contributed by atoms with E-state index in [-0.39, 0.29) is 29.8 Å². The Morgan fingerprint density at radius 2 is 1.85 bits per heavy atom. The second-order valence-corrected chi connectivity index (χ2v) is 10.6. The number of rotatable bonds is 4. The van der Waals surface area contributed by atoms with Crippen molar-refractivity contribution in [3.8, 4) is 5.75 Å². The molecule has 3 amide bonds. The first-order chi connectivity index (χ1) is 15.9. The first-order valence-corrected chi connectivity index (χ1v) is 12.2. The third kappa shape index (κ3) is 3.63. The van der Waals surface area contributed by atoms with E-state index in [1.54, 1.807) is 11.0 Å². The van der Waals surface area contributed by atoms with Crippen LogP contribution >= 0.6 is 0 Å². The topological polar surface area (TPSA) is 79.0 Å². The predicted molar refractivity (Wildman–Crippen MR) is 117 cm³/mol. The lowest BCUT2D eigenvalue weighted by molar-refractivity contribution is -0.139. The number of hydrogen-bond donors (Lipinski definition) is 1. The summed E-state index contributed by atoms with van der Waals surface area (Å²) in [7, 11) is 0. The number of imide groups is 1. The van der Waals surface area contributed by atoms with Crippen molar-refractivity contribution in [3.63, 3.8) is 0 Å². The number of carbonyl (C=O) groups is 3. The molecule has 5 aliphatic rings. The van der Waals surface area contributed by atoms with Gasteiger partial charge in [-0.15, -0.1) is 0 Å². The number of amides is 3. The molecule has 8 heteroatoms. The molecular weight excluding hydrogens is 425 g/mol. The number of likely N-dealkylation sites (tertiary alicyclic amines) is 1. The van der Waals surface area contributed by atoms with Gasteiger partial charge in [0, 0.05) is 43.1 Å². The minimum atomic E-state index is -0.612. The number of alkyl halides is 1. The van der Waals surface area contributed by atoms with Crippen LogP contribution in [0.25, 0.3) is 0 Å². The van der Waals surface area contributed by atoms with Crippen molar-refractivity contribution < 1.29 is 23.5 Å². The van der Waals surface area contributed by atoms with E-state index in [2.05, 4.69) is 10.2 Å². The van der Waals surface area contributed by atoms with Gasteiger partial charge in [-0.05, 0) is 62.3 Å². The lowest BCUT2D eigenvalue weighted by Crippen LogP contribution is -2.67. The fourth-order valence-electron chi connectivity index (χ4n) is 6.62. The Bertz CT molecular complexity index is 999. The number of piperidine rings is 1. The van der Waals surface area contributed by atoms with Crippen molar-refractivity contribution in [3.05, 3.63) is 29.3 Å². The van der Waals surface area contributed by atoms with Gasteiger partial charge in [0.15, 0.2) is 0 Å². The number of ether oxygens (including phenoxy) is 1. The summed E-state index contributed by atoms with van der Waals surface area (Å²) in [5, 5.41) is 2.34. The average Bonchev–Trinajstić information content (AvgIpc) is 3.06. The zero-order chi connectivity index (χ0) is 22.7. The number of nitrogens with one attached hydrogen (secondary N) is 1. The van der Waals surface area contributed by atoms with Crippen molar-refractivity contribution in [1.29, 1.82) is 0 Å². The van der Waals surface area contributed by atoms with Gasteiger partial charge in [-0.25, -0.2) is 4.39 Å². The molecule has 1 aromatic rings. The molecule has 1 spiro atoms. The molecule has 1 aromatic carbocycles. The standard InChI is InChI=1S/C25H30FN3O4/c26-16-10-25(11-16)13-28(14-25)19-3-1-2-4-21(19)33-17-5-6-18-15(9-17)12-29(24(18)32)20-7-8-22(30)27-23(20)31/h5-6,9,16,19-21H,1-4,7-8,10-14H2,(H,27,30,31)/t19-,20?,21-/m0/s1. The van der Waals surface area contributed by atoms with E-state index in [4.69, 9.17) is 4.74 Å². The maximum Gasteiger partial charge on any atom is 0.255 e. The predicted octanol–water partition coefficient (Wildman–Crippen LogP) is 2.57. The molecular formula is C25H30FN3O4. The van der Waals surface area contributed by atoms with E-state index >= 15 is 0 Å². The zero-order valence-corrected chi connectivity index (χ0v) is 18.7. The molecule has 33 heavy (non-hydrogen) atoms. The largest absolute Gasteiger partial charge is 0.489 e. The molecule has 7 nitrogen and oxygen atoms in total. The van der Waals surface area contributed by atoms with Crippen molar-refractivity contribution in [2.75, 3.05) is 13.1 Å². The van der Waals surface area contributed by atoms with Crippen LogP contribution in [0.2, 0.25) is 0 Å². The Morgan fingerprint density at radius 1 is 1.06 bits per heavy atom. The second-order valence-electron chi connectivity index (χ2n) is 10.6. The van der Waals surface area contributed by atoms with Crippen LogP contribution in [0.15, 0.2) is 18.2 Å². The van der Waals surface area contributed by atoms with E-state index in [1.165, 1.54) is 6.42 Å². The molecule has 6 rings (SSSR count). The monoisotopic (exact) mass is 455 g/mol. The fourth-order valence-corrected chi connectivity index (χ4v) is 6.62. The second kappa shape index (κ2) is 7.79. The molecule has 2 aliphatic carbocycles. The van der Waals surface area contributed by atoms with Gasteiger partial charge < -0.3 is 9.64 Å². The highest BCUT2D eigenvalue weighted by atomic mass is 19.1. The van der Waals surface area contributed by atoms with E-state index in [1.807, 2.05) is 12.1 Å². The molecule has 4 fully saturated rings. The first kappa shape index (κ1) is 21.1. The number of fused-ring (bicyclic) bond motifs is 1. The van der Waals surface area contributed by atoms with E-state index in [9.17, 15) is 18.8 Å². The summed E-state index contributed by atoms with van der Waals surface area (Å²) >= 11 is 0. The molecule has 3 aliphatic heterocycles. The number of nitrogens with zero attached hydrogens (tertiary/aromatic N) is 2. The summed E-state index contributed by atoms with van der Waals surface area (Å²) in [6, 6.07) is 5.34. The maximum atomic E-state index is 13.4. The summed E-state index contributed by atoms with van der Waals surface area (Å²) in [4.78, 5) is 40.7. The molecule has 0 aromatic heterocycles. The minimum Gasteiger partial charge on any atom is -0.489 e. The van der Waals surface area contributed by atoms with Gasteiger partial charge in [0.05, 0.1) is 0 Å². The SMILES string of the molecule is O=C1CCC(N2Cc3cc(O[C@H]4CCCC[C@@H]4N4CC5(CC(F)C5)C4)ccc3C2=O)C(=O)N1. The molecule has 3 atom stereocenters. The Balaban J connectivity index is 1.13. The highest BCUT2D eigenvalue weighted by Crippen LogP contribution is 2.51. The smallest absolute Gasteiger partial charge is 0.255 e. The number of carbonyl (C=O) groups excluding carboxylic acids is 3. The third-order valence-corrected chi connectivity index (χ3v) is 8.31. The normalized spacial score (nSPS) is 31.7. The fraction of sp³-hybridized carbons (Fsp3) is 0.640. The zero-order valence-electron chi connectivity index (χ0n) is 18.7.